The molecule has 0 aromatic carbocycles. The highest BCUT2D eigenvalue weighted by Crippen LogP contribution is 2.09. The number of rotatable bonds is 2. The number of aliphatic hydroxyl groups excluding tert-OH is 1. The van der Waals surface area contributed by atoms with Crippen LogP contribution in [-0.4, -0.2) is 11.0 Å². The van der Waals surface area contributed by atoms with Crippen molar-refractivity contribution in [3.05, 3.63) is 11.3 Å². The molecule has 3 N–H and O–H groups in total. The molecule has 0 saturated heterocycles. The van der Waals surface area contributed by atoms with E-state index in [9.17, 15) is 4.79 Å². The maximum atomic E-state index is 10.4. The highest BCUT2D eigenvalue weighted by atomic mass is 16.3. The van der Waals surface area contributed by atoms with Gasteiger partial charge < -0.3 is 10.8 Å². The van der Waals surface area contributed by atoms with E-state index >= 15 is 0 Å². The van der Waals surface area contributed by atoms with Crippen molar-refractivity contribution in [2.75, 3.05) is 0 Å². The molecule has 58 valence electrons. The van der Waals surface area contributed by atoms with Gasteiger partial charge in [-0.1, -0.05) is 13.8 Å². The van der Waals surface area contributed by atoms with E-state index in [1.165, 1.54) is 6.92 Å². The minimum atomic E-state index is -0.564. The van der Waals surface area contributed by atoms with Crippen LogP contribution >= 0.6 is 0 Å². The van der Waals surface area contributed by atoms with E-state index in [0.29, 0.717) is 0 Å². The van der Waals surface area contributed by atoms with Crippen LogP contribution in [0.4, 0.5) is 0 Å². The standard InChI is InChI=1S/C7H13NO2/c1-4(2)6(9)5(3)7(8)10/h4,9H,1-3H3,(H2,8,10). The Morgan fingerprint density at radius 1 is 1.50 bits per heavy atom. The normalized spacial score (nSPS) is 13.2. The summed E-state index contributed by atoms with van der Waals surface area (Å²) in [5.74, 6) is -0.522. The Labute approximate surface area is 60.5 Å². The van der Waals surface area contributed by atoms with Gasteiger partial charge in [0.05, 0.1) is 5.57 Å². The quantitative estimate of drug-likeness (QED) is 0.446. The summed E-state index contributed by atoms with van der Waals surface area (Å²) in [6, 6.07) is 0. The van der Waals surface area contributed by atoms with Crippen LogP contribution in [0.15, 0.2) is 11.3 Å². The minimum absolute atomic E-state index is 0.0347. The van der Waals surface area contributed by atoms with Crippen molar-refractivity contribution >= 4 is 5.91 Å². The highest BCUT2D eigenvalue weighted by Gasteiger charge is 2.08. The molecule has 0 rings (SSSR count). The van der Waals surface area contributed by atoms with E-state index in [4.69, 9.17) is 10.8 Å². The largest absolute Gasteiger partial charge is 0.512 e. The molecular weight excluding hydrogens is 130 g/mol. The Morgan fingerprint density at radius 3 is 2.00 bits per heavy atom. The number of nitrogens with two attached hydrogens (primary N) is 1. The molecule has 10 heavy (non-hydrogen) atoms. The van der Waals surface area contributed by atoms with E-state index in [-0.39, 0.29) is 17.3 Å². The van der Waals surface area contributed by atoms with Crippen LogP contribution in [0.1, 0.15) is 20.8 Å². The first-order valence-corrected chi connectivity index (χ1v) is 3.16. The molecule has 0 bridgehead atoms. The predicted octanol–water partition coefficient (Wildman–Crippen LogP) is 0.960. The SMILES string of the molecule is CC(C(N)=O)=C(O)C(C)C. The third-order valence-corrected chi connectivity index (χ3v) is 1.30. The molecule has 0 spiro atoms. The fourth-order valence-electron chi connectivity index (χ4n) is 0.559. The molecule has 0 aromatic heterocycles. The number of hydrogen-bond donors (Lipinski definition) is 2. The molecule has 0 aromatic rings. The van der Waals surface area contributed by atoms with Crippen LogP contribution < -0.4 is 5.73 Å². The first-order chi connectivity index (χ1) is 4.46. The zero-order chi connectivity index (χ0) is 8.31. The first kappa shape index (κ1) is 9.01. The van der Waals surface area contributed by atoms with Crippen LogP contribution in [0, 0.1) is 5.92 Å². The lowest BCUT2D eigenvalue weighted by Crippen LogP contribution is -2.15. The van der Waals surface area contributed by atoms with E-state index < -0.39 is 5.91 Å². The average molecular weight is 143 g/mol. The van der Waals surface area contributed by atoms with E-state index in [1.54, 1.807) is 13.8 Å². The first-order valence-electron chi connectivity index (χ1n) is 3.16. The summed E-state index contributed by atoms with van der Waals surface area (Å²) in [6.07, 6.45) is 0. The zero-order valence-electron chi connectivity index (χ0n) is 6.51. The monoisotopic (exact) mass is 143 g/mol. The molecular formula is C7H13NO2. The van der Waals surface area contributed by atoms with Gasteiger partial charge in [-0.25, -0.2) is 0 Å². The van der Waals surface area contributed by atoms with Crippen molar-refractivity contribution in [1.29, 1.82) is 0 Å². The Hall–Kier alpha value is -0.990. The van der Waals surface area contributed by atoms with Gasteiger partial charge in [0.25, 0.3) is 0 Å². The molecule has 1 amide bonds. The van der Waals surface area contributed by atoms with E-state index in [2.05, 4.69) is 0 Å². The number of primary amides is 1. The second-order valence-electron chi connectivity index (χ2n) is 2.53. The van der Waals surface area contributed by atoms with Crippen molar-refractivity contribution < 1.29 is 9.90 Å². The maximum absolute atomic E-state index is 10.4. The fourth-order valence-corrected chi connectivity index (χ4v) is 0.559. The van der Waals surface area contributed by atoms with E-state index in [0.717, 1.165) is 0 Å². The lowest BCUT2D eigenvalue weighted by atomic mass is 10.1. The fraction of sp³-hybridized carbons (Fsp3) is 0.571. The van der Waals surface area contributed by atoms with Crippen LogP contribution in [0.3, 0.4) is 0 Å². The molecule has 0 atom stereocenters. The molecule has 0 heterocycles. The van der Waals surface area contributed by atoms with Crippen molar-refractivity contribution in [3.63, 3.8) is 0 Å². The summed E-state index contributed by atoms with van der Waals surface area (Å²) in [4.78, 5) is 10.4. The Kier molecular flexibility index (Phi) is 2.93. The lowest BCUT2D eigenvalue weighted by molar-refractivity contribution is -0.114. The van der Waals surface area contributed by atoms with Gasteiger partial charge in [0.2, 0.25) is 5.91 Å². The van der Waals surface area contributed by atoms with Gasteiger partial charge >= 0.3 is 0 Å². The number of aliphatic hydroxyl groups is 1. The topological polar surface area (TPSA) is 63.3 Å². The highest BCUT2D eigenvalue weighted by molar-refractivity contribution is 5.91. The minimum Gasteiger partial charge on any atom is -0.512 e. The molecule has 0 aliphatic carbocycles. The van der Waals surface area contributed by atoms with Crippen LogP contribution in [0.5, 0.6) is 0 Å². The van der Waals surface area contributed by atoms with Crippen molar-refractivity contribution in [2.45, 2.75) is 20.8 Å². The number of carbonyl (C=O) groups excluding carboxylic acids is 1. The van der Waals surface area contributed by atoms with Gasteiger partial charge in [0.15, 0.2) is 0 Å². The Balaban J connectivity index is 4.50. The smallest absolute Gasteiger partial charge is 0.247 e. The Morgan fingerprint density at radius 2 is 1.90 bits per heavy atom. The molecule has 0 aliphatic rings. The van der Waals surface area contributed by atoms with Crippen LogP contribution in [-0.2, 0) is 4.79 Å². The van der Waals surface area contributed by atoms with Crippen molar-refractivity contribution in [1.82, 2.24) is 0 Å². The maximum Gasteiger partial charge on any atom is 0.247 e. The summed E-state index contributed by atoms with van der Waals surface area (Å²) < 4.78 is 0. The summed E-state index contributed by atoms with van der Waals surface area (Å²) in [5, 5.41) is 9.14. The van der Waals surface area contributed by atoms with Crippen molar-refractivity contribution in [2.24, 2.45) is 11.7 Å². The number of hydrogen-bond acceptors (Lipinski definition) is 2. The average Bonchev–Trinajstić information content (AvgIpc) is 1.84. The molecule has 0 aliphatic heterocycles. The van der Waals surface area contributed by atoms with Crippen molar-refractivity contribution in [3.8, 4) is 0 Å². The van der Waals surface area contributed by atoms with Gasteiger partial charge in [-0.15, -0.1) is 0 Å². The summed E-state index contributed by atoms with van der Waals surface area (Å²) in [5.41, 5.74) is 5.16. The molecule has 0 fully saturated rings. The van der Waals surface area contributed by atoms with Gasteiger partial charge in [0.1, 0.15) is 5.76 Å². The zero-order valence-corrected chi connectivity index (χ0v) is 6.51. The third kappa shape index (κ3) is 2.09. The third-order valence-electron chi connectivity index (χ3n) is 1.30. The Bertz CT molecular complexity index is 170. The van der Waals surface area contributed by atoms with Gasteiger partial charge in [-0.3, -0.25) is 4.79 Å². The van der Waals surface area contributed by atoms with Crippen LogP contribution in [0.2, 0.25) is 0 Å². The van der Waals surface area contributed by atoms with Gasteiger partial charge in [-0.2, -0.15) is 0 Å². The summed E-state index contributed by atoms with van der Waals surface area (Å²) in [6.45, 7) is 5.10. The molecule has 0 saturated carbocycles. The number of carbonyl (C=O) groups is 1. The van der Waals surface area contributed by atoms with Crippen LogP contribution in [0.25, 0.3) is 0 Å². The molecule has 3 heteroatoms. The van der Waals surface area contributed by atoms with Gasteiger partial charge in [0, 0.05) is 5.92 Å². The summed E-state index contributed by atoms with van der Waals surface area (Å²) >= 11 is 0. The van der Waals surface area contributed by atoms with Gasteiger partial charge in [-0.05, 0) is 6.92 Å². The second kappa shape index (κ2) is 3.25. The molecule has 0 unspecified atom stereocenters. The summed E-state index contributed by atoms with van der Waals surface area (Å²) in [7, 11) is 0. The van der Waals surface area contributed by atoms with E-state index in [1.807, 2.05) is 0 Å². The molecule has 3 nitrogen and oxygen atoms in total. The second-order valence-corrected chi connectivity index (χ2v) is 2.53. The molecule has 0 radical (unpaired) electrons. The lowest BCUT2D eigenvalue weighted by Gasteiger charge is -2.05. The number of allylic oxidation sites excluding steroid dienone is 1. The number of amides is 1. The predicted molar refractivity (Wildman–Crippen MR) is 39.4 cm³/mol.